The smallest absolute Gasteiger partial charge is 0.258 e. The lowest BCUT2D eigenvalue weighted by molar-refractivity contribution is -0.123. The summed E-state index contributed by atoms with van der Waals surface area (Å²) in [5.74, 6) is 2.17. The van der Waals surface area contributed by atoms with Crippen molar-refractivity contribution in [2.75, 3.05) is 6.61 Å². The minimum Gasteiger partial charge on any atom is -0.489 e. The van der Waals surface area contributed by atoms with Crippen LogP contribution in [-0.4, -0.2) is 18.6 Å². The first kappa shape index (κ1) is 19.5. The predicted octanol–water partition coefficient (Wildman–Crippen LogP) is 4.37. The van der Waals surface area contributed by atoms with Gasteiger partial charge in [-0.2, -0.15) is 0 Å². The van der Waals surface area contributed by atoms with Crippen LogP contribution in [0.15, 0.2) is 77.4 Å². The number of aryl methyl sites for hydroxylation is 1. The van der Waals surface area contributed by atoms with Crippen LogP contribution in [0.2, 0.25) is 0 Å². The second-order valence-electron chi connectivity index (χ2n) is 6.62. The maximum absolute atomic E-state index is 12.0. The number of rotatable bonds is 10. The SMILES string of the molecule is C[C@@H](CCc1ccco1)NC(=O)COc1ccc(OCc2ccccc2)cc1. The lowest BCUT2D eigenvalue weighted by atomic mass is 10.1. The Bertz CT molecular complexity index is 829. The second kappa shape index (κ2) is 10.2. The van der Waals surface area contributed by atoms with E-state index in [1.165, 1.54) is 0 Å². The van der Waals surface area contributed by atoms with Crippen molar-refractivity contribution in [2.45, 2.75) is 32.4 Å². The average molecular weight is 379 g/mol. The van der Waals surface area contributed by atoms with Crippen molar-refractivity contribution >= 4 is 5.91 Å². The summed E-state index contributed by atoms with van der Waals surface area (Å²) >= 11 is 0. The third-order valence-corrected chi connectivity index (χ3v) is 4.25. The Hall–Kier alpha value is -3.21. The van der Waals surface area contributed by atoms with E-state index in [1.807, 2.05) is 61.5 Å². The quantitative estimate of drug-likeness (QED) is 0.568. The molecule has 0 spiro atoms. The second-order valence-corrected chi connectivity index (χ2v) is 6.62. The van der Waals surface area contributed by atoms with E-state index in [4.69, 9.17) is 13.9 Å². The van der Waals surface area contributed by atoms with Gasteiger partial charge in [0.1, 0.15) is 23.9 Å². The Kier molecular flexibility index (Phi) is 7.13. The molecule has 1 atom stereocenters. The van der Waals surface area contributed by atoms with Crippen molar-refractivity contribution in [1.82, 2.24) is 5.32 Å². The van der Waals surface area contributed by atoms with Gasteiger partial charge in [0.2, 0.25) is 0 Å². The Morgan fingerprint density at radius 3 is 2.36 bits per heavy atom. The zero-order valence-electron chi connectivity index (χ0n) is 16.0. The number of furan rings is 1. The standard InChI is InChI=1S/C23H25NO4/c1-18(9-10-20-8-5-15-26-20)24-23(25)17-28-22-13-11-21(12-14-22)27-16-19-6-3-2-4-7-19/h2-8,11-15,18H,9-10,16-17H2,1H3,(H,24,25)/t18-/m0/s1. The molecule has 0 unspecified atom stereocenters. The van der Waals surface area contributed by atoms with Crippen LogP contribution in [0.1, 0.15) is 24.7 Å². The topological polar surface area (TPSA) is 60.7 Å². The summed E-state index contributed by atoms with van der Waals surface area (Å²) in [5.41, 5.74) is 1.11. The molecule has 0 fully saturated rings. The molecular formula is C23H25NO4. The third kappa shape index (κ3) is 6.50. The van der Waals surface area contributed by atoms with Gasteiger partial charge in [-0.05, 0) is 55.3 Å². The van der Waals surface area contributed by atoms with Gasteiger partial charge in [-0.25, -0.2) is 0 Å². The van der Waals surface area contributed by atoms with Crippen LogP contribution in [0.3, 0.4) is 0 Å². The maximum Gasteiger partial charge on any atom is 0.258 e. The normalized spacial score (nSPS) is 11.6. The molecule has 0 aliphatic rings. The van der Waals surface area contributed by atoms with Crippen LogP contribution < -0.4 is 14.8 Å². The minimum atomic E-state index is -0.142. The Morgan fingerprint density at radius 2 is 1.68 bits per heavy atom. The first-order valence-corrected chi connectivity index (χ1v) is 9.40. The molecule has 28 heavy (non-hydrogen) atoms. The van der Waals surface area contributed by atoms with Gasteiger partial charge in [0.25, 0.3) is 5.91 Å². The van der Waals surface area contributed by atoms with Gasteiger partial charge in [0.05, 0.1) is 6.26 Å². The van der Waals surface area contributed by atoms with Crippen LogP contribution in [0.4, 0.5) is 0 Å². The van der Waals surface area contributed by atoms with Gasteiger partial charge in [0.15, 0.2) is 6.61 Å². The first-order chi connectivity index (χ1) is 13.7. The summed E-state index contributed by atoms with van der Waals surface area (Å²) in [7, 11) is 0. The largest absolute Gasteiger partial charge is 0.489 e. The highest BCUT2D eigenvalue weighted by molar-refractivity contribution is 5.77. The Morgan fingerprint density at radius 1 is 0.964 bits per heavy atom. The number of hydrogen-bond acceptors (Lipinski definition) is 4. The number of amides is 1. The highest BCUT2D eigenvalue weighted by Gasteiger charge is 2.09. The van der Waals surface area contributed by atoms with E-state index >= 15 is 0 Å². The molecule has 0 aliphatic carbocycles. The van der Waals surface area contributed by atoms with Gasteiger partial charge in [-0.3, -0.25) is 4.79 Å². The summed E-state index contributed by atoms with van der Waals surface area (Å²) < 4.78 is 16.6. The van der Waals surface area contributed by atoms with Crippen LogP contribution in [-0.2, 0) is 17.8 Å². The van der Waals surface area contributed by atoms with Crippen molar-refractivity contribution in [2.24, 2.45) is 0 Å². The van der Waals surface area contributed by atoms with Gasteiger partial charge in [-0.1, -0.05) is 30.3 Å². The molecule has 5 nitrogen and oxygen atoms in total. The Labute approximate surface area is 165 Å². The molecule has 3 rings (SSSR count). The summed E-state index contributed by atoms with van der Waals surface area (Å²) in [6, 6.07) is 21.1. The Balaban J connectivity index is 1.36. The van der Waals surface area contributed by atoms with Crippen molar-refractivity contribution in [3.8, 4) is 11.5 Å². The molecule has 1 amide bonds. The van der Waals surface area contributed by atoms with Crippen LogP contribution in [0.25, 0.3) is 0 Å². The summed E-state index contributed by atoms with van der Waals surface area (Å²) in [6.45, 7) is 2.47. The van der Waals surface area contributed by atoms with Crippen molar-refractivity contribution in [1.29, 1.82) is 0 Å². The number of nitrogens with one attached hydrogen (secondary N) is 1. The lowest BCUT2D eigenvalue weighted by Crippen LogP contribution is -2.36. The van der Waals surface area contributed by atoms with E-state index in [1.54, 1.807) is 18.4 Å². The van der Waals surface area contributed by atoms with Gasteiger partial charge >= 0.3 is 0 Å². The number of carbonyl (C=O) groups is 1. The molecule has 5 heteroatoms. The highest BCUT2D eigenvalue weighted by atomic mass is 16.5. The molecule has 1 N–H and O–H groups in total. The number of benzene rings is 2. The molecule has 1 heterocycles. The first-order valence-electron chi connectivity index (χ1n) is 9.40. The number of carbonyl (C=O) groups excluding carboxylic acids is 1. The molecule has 0 radical (unpaired) electrons. The molecule has 0 aliphatic heterocycles. The van der Waals surface area contributed by atoms with Crippen molar-refractivity contribution in [3.63, 3.8) is 0 Å². The zero-order valence-corrected chi connectivity index (χ0v) is 16.0. The molecule has 3 aromatic rings. The molecule has 2 aromatic carbocycles. The van der Waals surface area contributed by atoms with Crippen molar-refractivity contribution < 1.29 is 18.7 Å². The van der Waals surface area contributed by atoms with E-state index < -0.39 is 0 Å². The molecule has 0 bridgehead atoms. The number of ether oxygens (including phenoxy) is 2. The molecule has 0 saturated heterocycles. The number of hydrogen-bond donors (Lipinski definition) is 1. The third-order valence-electron chi connectivity index (χ3n) is 4.25. The molecule has 146 valence electrons. The fourth-order valence-corrected chi connectivity index (χ4v) is 2.72. The van der Waals surface area contributed by atoms with Crippen LogP contribution in [0, 0.1) is 0 Å². The maximum atomic E-state index is 12.0. The zero-order chi connectivity index (χ0) is 19.6. The van der Waals surface area contributed by atoms with E-state index in [0.717, 1.165) is 29.9 Å². The molecule has 0 saturated carbocycles. The van der Waals surface area contributed by atoms with Gasteiger partial charge in [-0.15, -0.1) is 0 Å². The fourth-order valence-electron chi connectivity index (χ4n) is 2.72. The van der Waals surface area contributed by atoms with Crippen LogP contribution in [0.5, 0.6) is 11.5 Å². The minimum absolute atomic E-state index is 0.0185. The summed E-state index contributed by atoms with van der Waals surface area (Å²) in [4.78, 5) is 12.0. The average Bonchev–Trinajstić information content (AvgIpc) is 3.24. The van der Waals surface area contributed by atoms with E-state index in [9.17, 15) is 4.79 Å². The predicted molar refractivity (Wildman–Crippen MR) is 107 cm³/mol. The van der Waals surface area contributed by atoms with E-state index in [0.29, 0.717) is 12.4 Å². The van der Waals surface area contributed by atoms with Gasteiger partial charge < -0.3 is 19.2 Å². The molecular weight excluding hydrogens is 354 g/mol. The fraction of sp³-hybridized carbons (Fsp3) is 0.261. The van der Waals surface area contributed by atoms with E-state index in [-0.39, 0.29) is 18.6 Å². The molecule has 1 aromatic heterocycles. The summed E-state index contributed by atoms with van der Waals surface area (Å²) in [5, 5.41) is 2.93. The van der Waals surface area contributed by atoms with Crippen molar-refractivity contribution in [3.05, 3.63) is 84.3 Å². The monoisotopic (exact) mass is 379 g/mol. The highest BCUT2D eigenvalue weighted by Crippen LogP contribution is 2.18. The van der Waals surface area contributed by atoms with Crippen LogP contribution >= 0.6 is 0 Å². The van der Waals surface area contributed by atoms with E-state index in [2.05, 4.69) is 5.32 Å². The lowest BCUT2D eigenvalue weighted by Gasteiger charge is -2.14. The van der Waals surface area contributed by atoms with Gasteiger partial charge in [0, 0.05) is 12.5 Å². The summed E-state index contributed by atoms with van der Waals surface area (Å²) in [6.07, 6.45) is 3.26.